The van der Waals surface area contributed by atoms with E-state index in [9.17, 15) is 18.0 Å². The summed E-state index contributed by atoms with van der Waals surface area (Å²) in [6.45, 7) is 0. The number of nitrogens with zero attached hydrogens (tertiary/aromatic N) is 1. The summed E-state index contributed by atoms with van der Waals surface area (Å²) in [6, 6.07) is 1.28. The molecule has 14 heavy (non-hydrogen) atoms. The summed E-state index contributed by atoms with van der Waals surface area (Å²) in [6.07, 6.45) is -3.69. The van der Waals surface area contributed by atoms with Crippen molar-refractivity contribution in [3.05, 3.63) is 27.1 Å². The van der Waals surface area contributed by atoms with Crippen molar-refractivity contribution in [1.82, 2.24) is 4.98 Å². The molecule has 0 fully saturated rings. The molecule has 0 spiro atoms. The molecule has 0 N–H and O–H groups in total. The first-order valence-corrected chi connectivity index (χ1v) is 4.71. The zero-order chi connectivity index (χ0) is 10.9. The first-order chi connectivity index (χ1) is 6.34. The maximum absolute atomic E-state index is 12.3. The molecule has 1 aromatic heterocycles. The molecule has 2 nitrogen and oxygen atoms in total. The number of carbonyl (C=O) groups is 1. The van der Waals surface area contributed by atoms with Crippen molar-refractivity contribution in [2.75, 3.05) is 0 Å². The lowest BCUT2D eigenvalue weighted by atomic mass is 10.2. The van der Waals surface area contributed by atoms with Gasteiger partial charge >= 0.3 is 6.18 Å². The molecule has 0 radical (unpaired) electrons. The molecule has 0 aromatic carbocycles. The Labute approximate surface area is 95.6 Å². The number of carbonyl (C=O) groups excluding carboxylic acids is 1. The smallest absolute Gasteiger partial charge is 0.275 e. The Balaban J connectivity index is 3.44. The largest absolute Gasteiger partial charge is 0.434 e. The standard InChI is InChI=1S/C7H2ClF3INO/c8-6(14)4-3(12)1-2-13-5(4)7(9,10)11/h1-2H. The molecule has 1 aromatic rings. The molecule has 0 atom stereocenters. The Morgan fingerprint density at radius 1 is 1.50 bits per heavy atom. The van der Waals surface area contributed by atoms with E-state index in [1.54, 1.807) is 22.6 Å². The lowest BCUT2D eigenvalue weighted by Crippen LogP contribution is -2.14. The van der Waals surface area contributed by atoms with Gasteiger partial charge in [0.2, 0.25) is 0 Å². The molecule has 0 bridgehead atoms. The second-order valence-electron chi connectivity index (χ2n) is 2.29. The van der Waals surface area contributed by atoms with E-state index in [2.05, 4.69) is 4.98 Å². The van der Waals surface area contributed by atoms with E-state index in [0.29, 0.717) is 0 Å². The van der Waals surface area contributed by atoms with Crippen molar-refractivity contribution >= 4 is 39.4 Å². The number of pyridine rings is 1. The van der Waals surface area contributed by atoms with E-state index in [4.69, 9.17) is 11.6 Å². The van der Waals surface area contributed by atoms with Crippen LogP contribution in [0.25, 0.3) is 0 Å². The van der Waals surface area contributed by atoms with Crippen LogP contribution in [0.3, 0.4) is 0 Å². The normalized spacial score (nSPS) is 11.5. The SMILES string of the molecule is O=C(Cl)c1c(I)ccnc1C(F)(F)F. The van der Waals surface area contributed by atoms with Gasteiger partial charge in [0.1, 0.15) is 0 Å². The second kappa shape index (κ2) is 4.01. The maximum atomic E-state index is 12.3. The van der Waals surface area contributed by atoms with Crippen molar-refractivity contribution in [3.8, 4) is 0 Å². The summed E-state index contributed by atoms with van der Waals surface area (Å²) < 4.78 is 37.1. The van der Waals surface area contributed by atoms with Crippen LogP contribution < -0.4 is 0 Å². The fourth-order valence-corrected chi connectivity index (χ4v) is 1.85. The Hall–Kier alpha value is -0.370. The van der Waals surface area contributed by atoms with E-state index in [0.717, 1.165) is 6.20 Å². The zero-order valence-corrected chi connectivity index (χ0v) is 9.31. The third-order valence-corrected chi connectivity index (χ3v) is 2.45. The first-order valence-electron chi connectivity index (χ1n) is 3.25. The average Bonchev–Trinajstić information content (AvgIpc) is 2.01. The number of aromatic nitrogens is 1. The number of rotatable bonds is 1. The minimum absolute atomic E-state index is 0.130. The Kier molecular flexibility index (Phi) is 3.36. The van der Waals surface area contributed by atoms with Crippen LogP contribution in [0, 0.1) is 3.57 Å². The number of alkyl halides is 3. The Morgan fingerprint density at radius 3 is 2.43 bits per heavy atom. The van der Waals surface area contributed by atoms with Gasteiger partial charge in [-0.2, -0.15) is 13.2 Å². The fourth-order valence-electron chi connectivity index (χ4n) is 0.840. The van der Waals surface area contributed by atoms with Gasteiger partial charge < -0.3 is 0 Å². The van der Waals surface area contributed by atoms with E-state index >= 15 is 0 Å². The summed E-state index contributed by atoms with van der Waals surface area (Å²) in [5.41, 5.74) is -1.84. The van der Waals surface area contributed by atoms with Crippen molar-refractivity contribution in [2.24, 2.45) is 0 Å². The highest BCUT2D eigenvalue weighted by Crippen LogP contribution is 2.32. The predicted octanol–water partition coefficient (Wildman–Crippen LogP) is 3.08. The van der Waals surface area contributed by atoms with E-state index < -0.39 is 22.7 Å². The molecule has 7 heteroatoms. The molecule has 1 heterocycles. The lowest BCUT2D eigenvalue weighted by Gasteiger charge is -2.09. The summed E-state index contributed by atoms with van der Waals surface area (Å²) in [5.74, 6) is 0. The van der Waals surface area contributed by atoms with Crippen molar-refractivity contribution in [3.63, 3.8) is 0 Å². The van der Waals surface area contributed by atoms with Gasteiger partial charge in [-0.15, -0.1) is 0 Å². The van der Waals surface area contributed by atoms with Gasteiger partial charge in [0.25, 0.3) is 5.24 Å². The van der Waals surface area contributed by atoms with Crippen LogP contribution in [0.2, 0.25) is 0 Å². The fraction of sp³-hybridized carbons (Fsp3) is 0.143. The van der Waals surface area contributed by atoms with Crippen LogP contribution in [-0.4, -0.2) is 10.2 Å². The van der Waals surface area contributed by atoms with Gasteiger partial charge in [0.05, 0.1) is 5.56 Å². The third kappa shape index (κ3) is 2.35. The quantitative estimate of drug-likeness (QED) is 0.583. The van der Waals surface area contributed by atoms with E-state index in [-0.39, 0.29) is 3.57 Å². The monoisotopic (exact) mass is 335 g/mol. The highest BCUT2D eigenvalue weighted by Gasteiger charge is 2.37. The second-order valence-corrected chi connectivity index (χ2v) is 3.79. The molecule has 1 rings (SSSR count). The van der Waals surface area contributed by atoms with Crippen molar-refractivity contribution in [1.29, 1.82) is 0 Å². The average molecular weight is 335 g/mol. The highest BCUT2D eigenvalue weighted by atomic mass is 127. The maximum Gasteiger partial charge on any atom is 0.434 e. The summed E-state index contributed by atoms with van der Waals surface area (Å²) in [4.78, 5) is 13.9. The molecule has 0 saturated heterocycles. The zero-order valence-electron chi connectivity index (χ0n) is 6.40. The van der Waals surface area contributed by atoms with Crippen LogP contribution in [-0.2, 0) is 6.18 Å². The Bertz CT molecular complexity index is 380. The predicted molar refractivity (Wildman–Crippen MR) is 52.1 cm³/mol. The first kappa shape index (κ1) is 11.7. The number of halogens is 5. The number of hydrogen-bond donors (Lipinski definition) is 0. The van der Waals surface area contributed by atoms with Crippen LogP contribution in [0.15, 0.2) is 12.3 Å². The van der Waals surface area contributed by atoms with E-state index in [1.807, 2.05) is 0 Å². The minimum Gasteiger partial charge on any atom is -0.275 e. The van der Waals surface area contributed by atoms with Crippen molar-refractivity contribution in [2.45, 2.75) is 6.18 Å². The van der Waals surface area contributed by atoms with Gasteiger partial charge in [0.15, 0.2) is 5.69 Å². The van der Waals surface area contributed by atoms with Crippen LogP contribution >= 0.6 is 34.2 Å². The lowest BCUT2D eigenvalue weighted by molar-refractivity contribution is -0.141. The van der Waals surface area contributed by atoms with Gasteiger partial charge in [-0.25, -0.2) is 0 Å². The molecular weight excluding hydrogens is 333 g/mol. The van der Waals surface area contributed by atoms with Gasteiger partial charge in [-0.3, -0.25) is 9.78 Å². The van der Waals surface area contributed by atoms with Gasteiger partial charge in [-0.1, -0.05) is 0 Å². The molecule has 0 aliphatic heterocycles. The van der Waals surface area contributed by atoms with Crippen LogP contribution in [0.1, 0.15) is 16.1 Å². The van der Waals surface area contributed by atoms with E-state index in [1.165, 1.54) is 6.07 Å². The van der Waals surface area contributed by atoms with Crippen LogP contribution in [0.5, 0.6) is 0 Å². The molecule has 0 aliphatic carbocycles. The summed E-state index contributed by atoms with van der Waals surface area (Å²) in [7, 11) is 0. The molecule has 0 amide bonds. The third-order valence-electron chi connectivity index (χ3n) is 1.37. The molecule has 0 unspecified atom stereocenters. The number of hydrogen-bond acceptors (Lipinski definition) is 2. The molecule has 0 aliphatic rings. The highest BCUT2D eigenvalue weighted by molar-refractivity contribution is 14.1. The Morgan fingerprint density at radius 2 is 2.07 bits per heavy atom. The molecule has 76 valence electrons. The molecular formula is C7H2ClF3INO. The summed E-state index contributed by atoms with van der Waals surface area (Å²) >= 11 is 6.63. The van der Waals surface area contributed by atoms with Gasteiger partial charge in [-0.05, 0) is 40.3 Å². The van der Waals surface area contributed by atoms with Crippen LogP contribution in [0.4, 0.5) is 13.2 Å². The van der Waals surface area contributed by atoms with Gasteiger partial charge in [0, 0.05) is 9.77 Å². The van der Waals surface area contributed by atoms with Crippen molar-refractivity contribution < 1.29 is 18.0 Å². The summed E-state index contributed by atoms with van der Waals surface area (Å²) in [5, 5.41) is -1.16. The topological polar surface area (TPSA) is 30.0 Å². The minimum atomic E-state index is -4.67. The molecule has 0 saturated carbocycles.